The maximum absolute atomic E-state index is 11.8. The molecule has 0 aliphatic carbocycles. The smallest absolute Gasteiger partial charge is 0.226 e. The SMILES string of the molecule is CCOCCCNC(=O)CCCc1nc(-c2cccc(C)c2)oc1C. The lowest BCUT2D eigenvalue weighted by Crippen LogP contribution is -2.25. The lowest BCUT2D eigenvalue weighted by Gasteiger charge is -2.05. The molecule has 5 heteroatoms. The number of amides is 1. The van der Waals surface area contributed by atoms with Crippen LogP contribution in [0.5, 0.6) is 0 Å². The molecule has 0 aliphatic rings. The van der Waals surface area contributed by atoms with Crippen molar-refractivity contribution in [2.75, 3.05) is 19.8 Å². The zero-order valence-electron chi connectivity index (χ0n) is 15.4. The summed E-state index contributed by atoms with van der Waals surface area (Å²) < 4.78 is 11.0. The van der Waals surface area contributed by atoms with Crippen LogP contribution in [0.4, 0.5) is 0 Å². The van der Waals surface area contributed by atoms with Gasteiger partial charge < -0.3 is 14.5 Å². The maximum Gasteiger partial charge on any atom is 0.226 e. The first-order valence-corrected chi connectivity index (χ1v) is 8.98. The number of rotatable bonds is 10. The Hall–Kier alpha value is -2.14. The van der Waals surface area contributed by atoms with Gasteiger partial charge in [-0.1, -0.05) is 17.7 Å². The van der Waals surface area contributed by atoms with E-state index in [1.165, 1.54) is 5.56 Å². The Morgan fingerprint density at radius 2 is 2.12 bits per heavy atom. The molecule has 0 saturated heterocycles. The Bertz CT molecular complexity index is 679. The van der Waals surface area contributed by atoms with Crippen LogP contribution in [0.1, 0.15) is 43.2 Å². The largest absolute Gasteiger partial charge is 0.441 e. The second-order valence-corrected chi connectivity index (χ2v) is 6.15. The van der Waals surface area contributed by atoms with Crippen LogP contribution >= 0.6 is 0 Å². The highest BCUT2D eigenvalue weighted by atomic mass is 16.5. The molecule has 1 aromatic carbocycles. The van der Waals surface area contributed by atoms with Crippen LogP contribution in [0, 0.1) is 13.8 Å². The highest BCUT2D eigenvalue weighted by Crippen LogP contribution is 2.23. The van der Waals surface area contributed by atoms with Crippen LogP contribution in [0.3, 0.4) is 0 Å². The normalized spacial score (nSPS) is 10.8. The second-order valence-electron chi connectivity index (χ2n) is 6.15. The summed E-state index contributed by atoms with van der Waals surface area (Å²) in [4.78, 5) is 16.4. The number of aromatic nitrogens is 1. The molecular weight excluding hydrogens is 316 g/mol. The third-order valence-corrected chi connectivity index (χ3v) is 3.97. The molecule has 0 spiro atoms. The average Bonchev–Trinajstić information content (AvgIpc) is 2.96. The average molecular weight is 344 g/mol. The van der Waals surface area contributed by atoms with Crippen molar-refractivity contribution < 1.29 is 13.9 Å². The summed E-state index contributed by atoms with van der Waals surface area (Å²) in [6.45, 7) is 8.02. The van der Waals surface area contributed by atoms with Crippen molar-refractivity contribution in [1.29, 1.82) is 0 Å². The Balaban J connectivity index is 1.77. The quantitative estimate of drug-likeness (QED) is 0.665. The number of hydrogen-bond donors (Lipinski definition) is 1. The molecule has 2 aromatic rings. The number of benzene rings is 1. The Morgan fingerprint density at radius 3 is 2.88 bits per heavy atom. The standard InChI is InChI=1S/C20H28N2O3/c1-4-24-13-7-12-21-19(23)11-6-10-18-16(3)25-20(22-18)17-9-5-8-15(2)14-17/h5,8-9,14H,4,6-7,10-13H2,1-3H3,(H,21,23). The first-order valence-electron chi connectivity index (χ1n) is 8.98. The van der Waals surface area contributed by atoms with E-state index in [-0.39, 0.29) is 5.91 Å². The Morgan fingerprint density at radius 1 is 1.28 bits per heavy atom. The molecule has 1 N–H and O–H groups in total. The summed E-state index contributed by atoms with van der Waals surface area (Å²) in [6.07, 6.45) is 2.86. The van der Waals surface area contributed by atoms with Crippen molar-refractivity contribution in [2.24, 2.45) is 0 Å². The first-order chi connectivity index (χ1) is 12.1. The summed E-state index contributed by atoms with van der Waals surface area (Å²) in [6, 6.07) is 8.11. The molecule has 0 bridgehead atoms. The van der Waals surface area contributed by atoms with Crippen molar-refractivity contribution in [3.63, 3.8) is 0 Å². The maximum atomic E-state index is 11.8. The molecular formula is C20H28N2O3. The lowest BCUT2D eigenvalue weighted by atomic mass is 10.1. The molecule has 2 rings (SSSR count). The lowest BCUT2D eigenvalue weighted by molar-refractivity contribution is -0.121. The van der Waals surface area contributed by atoms with Crippen LogP contribution < -0.4 is 5.32 Å². The van der Waals surface area contributed by atoms with Crippen molar-refractivity contribution >= 4 is 5.91 Å². The molecule has 0 radical (unpaired) electrons. The molecule has 1 aromatic heterocycles. The highest BCUT2D eigenvalue weighted by molar-refractivity contribution is 5.75. The summed E-state index contributed by atoms with van der Waals surface area (Å²) in [5.74, 6) is 1.56. The van der Waals surface area contributed by atoms with E-state index in [4.69, 9.17) is 9.15 Å². The number of aryl methyl sites for hydroxylation is 3. The zero-order chi connectivity index (χ0) is 18.1. The van der Waals surface area contributed by atoms with Gasteiger partial charge >= 0.3 is 0 Å². The molecule has 0 atom stereocenters. The molecule has 25 heavy (non-hydrogen) atoms. The Labute approximate surface area is 149 Å². The molecule has 1 heterocycles. The third-order valence-electron chi connectivity index (χ3n) is 3.97. The van der Waals surface area contributed by atoms with Crippen LogP contribution in [-0.4, -0.2) is 30.6 Å². The number of oxazole rings is 1. The number of nitrogens with zero attached hydrogens (tertiary/aromatic N) is 1. The van der Waals surface area contributed by atoms with Crippen molar-refractivity contribution in [3.05, 3.63) is 41.3 Å². The predicted molar refractivity (Wildman–Crippen MR) is 98.5 cm³/mol. The van der Waals surface area contributed by atoms with E-state index in [1.54, 1.807) is 0 Å². The fourth-order valence-electron chi connectivity index (χ4n) is 2.61. The highest BCUT2D eigenvalue weighted by Gasteiger charge is 2.12. The van der Waals surface area contributed by atoms with Gasteiger partial charge in [-0.3, -0.25) is 4.79 Å². The van der Waals surface area contributed by atoms with Crippen LogP contribution in [0.25, 0.3) is 11.5 Å². The van der Waals surface area contributed by atoms with E-state index in [9.17, 15) is 4.79 Å². The topological polar surface area (TPSA) is 64.4 Å². The first kappa shape index (κ1) is 19.2. The van der Waals surface area contributed by atoms with Gasteiger partial charge in [-0.2, -0.15) is 0 Å². The summed E-state index contributed by atoms with van der Waals surface area (Å²) in [7, 11) is 0. The molecule has 0 fully saturated rings. The van der Waals surface area contributed by atoms with Gasteiger partial charge in [0.15, 0.2) is 0 Å². The van der Waals surface area contributed by atoms with Crippen molar-refractivity contribution in [3.8, 4) is 11.5 Å². The fraction of sp³-hybridized carbons (Fsp3) is 0.500. The molecule has 0 unspecified atom stereocenters. The van der Waals surface area contributed by atoms with Gasteiger partial charge in [-0.25, -0.2) is 4.98 Å². The molecule has 136 valence electrons. The van der Waals surface area contributed by atoms with E-state index in [1.807, 2.05) is 39.0 Å². The van der Waals surface area contributed by atoms with Gasteiger partial charge in [-0.05, 0) is 52.2 Å². The number of ether oxygens (including phenoxy) is 1. The van der Waals surface area contributed by atoms with Gasteiger partial charge in [0.05, 0.1) is 5.69 Å². The van der Waals surface area contributed by atoms with E-state index in [0.717, 1.165) is 42.9 Å². The van der Waals surface area contributed by atoms with Gasteiger partial charge in [0.25, 0.3) is 0 Å². The monoisotopic (exact) mass is 344 g/mol. The predicted octanol–water partition coefficient (Wildman–Crippen LogP) is 3.82. The third kappa shape index (κ3) is 6.35. The summed E-state index contributed by atoms with van der Waals surface area (Å²) in [5, 5.41) is 2.92. The van der Waals surface area contributed by atoms with Gasteiger partial charge in [0.1, 0.15) is 5.76 Å². The zero-order valence-corrected chi connectivity index (χ0v) is 15.4. The number of hydrogen-bond acceptors (Lipinski definition) is 4. The summed E-state index contributed by atoms with van der Waals surface area (Å²) >= 11 is 0. The molecule has 0 aliphatic heterocycles. The second kappa shape index (κ2) is 9.99. The van der Waals surface area contributed by atoms with E-state index < -0.39 is 0 Å². The van der Waals surface area contributed by atoms with Gasteiger partial charge in [-0.15, -0.1) is 0 Å². The van der Waals surface area contributed by atoms with Gasteiger partial charge in [0, 0.05) is 31.7 Å². The molecule has 5 nitrogen and oxygen atoms in total. The van der Waals surface area contributed by atoms with E-state index in [0.29, 0.717) is 25.5 Å². The van der Waals surface area contributed by atoms with Gasteiger partial charge in [0.2, 0.25) is 11.8 Å². The minimum atomic E-state index is 0.0801. The summed E-state index contributed by atoms with van der Waals surface area (Å²) in [5.41, 5.74) is 3.10. The minimum absolute atomic E-state index is 0.0801. The minimum Gasteiger partial charge on any atom is -0.441 e. The number of carbonyl (C=O) groups excluding carboxylic acids is 1. The van der Waals surface area contributed by atoms with Crippen molar-refractivity contribution in [1.82, 2.24) is 10.3 Å². The fourth-order valence-corrected chi connectivity index (χ4v) is 2.61. The van der Waals surface area contributed by atoms with Crippen LogP contribution in [-0.2, 0) is 16.0 Å². The van der Waals surface area contributed by atoms with Crippen LogP contribution in [0.15, 0.2) is 28.7 Å². The molecule has 1 amide bonds. The van der Waals surface area contributed by atoms with Crippen LogP contribution in [0.2, 0.25) is 0 Å². The number of carbonyl (C=O) groups is 1. The van der Waals surface area contributed by atoms with Crippen molar-refractivity contribution in [2.45, 2.75) is 46.5 Å². The Kier molecular flexibility index (Phi) is 7.67. The molecule has 0 saturated carbocycles. The van der Waals surface area contributed by atoms with E-state index >= 15 is 0 Å². The number of nitrogens with one attached hydrogen (secondary N) is 1. The van der Waals surface area contributed by atoms with E-state index in [2.05, 4.69) is 16.4 Å².